The molecule has 1 N–H and O–H groups in total. The monoisotopic (exact) mass is 333 g/mol. The Kier molecular flexibility index (Phi) is 5.53. The molecule has 1 heterocycles. The molecule has 0 aliphatic heterocycles. The van der Waals surface area contributed by atoms with Gasteiger partial charge in [-0.2, -0.15) is 0 Å². The molecule has 0 amide bonds. The van der Waals surface area contributed by atoms with E-state index in [9.17, 15) is 0 Å². The van der Waals surface area contributed by atoms with Crippen molar-refractivity contribution in [1.82, 2.24) is 9.97 Å². The van der Waals surface area contributed by atoms with Crippen LogP contribution in [0.15, 0.2) is 41.0 Å². The van der Waals surface area contributed by atoms with Crippen LogP contribution in [0.25, 0.3) is 0 Å². The van der Waals surface area contributed by atoms with Crippen LogP contribution < -0.4 is 5.32 Å². The summed E-state index contributed by atoms with van der Waals surface area (Å²) in [5.41, 5.74) is 1.28. The van der Waals surface area contributed by atoms with Crippen molar-refractivity contribution >= 4 is 21.7 Å². The average Bonchev–Trinajstić information content (AvgIpc) is 2.45. The van der Waals surface area contributed by atoms with E-state index in [-0.39, 0.29) is 6.04 Å². The summed E-state index contributed by atoms with van der Waals surface area (Å²) in [6, 6.07) is 12.7. The maximum Gasteiger partial charge on any atom is 0.132 e. The van der Waals surface area contributed by atoms with Crippen LogP contribution >= 0.6 is 15.9 Å². The van der Waals surface area contributed by atoms with Crippen LogP contribution in [-0.2, 0) is 6.42 Å². The quantitative estimate of drug-likeness (QED) is 0.775. The van der Waals surface area contributed by atoms with Crippen LogP contribution in [-0.4, -0.2) is 9.97 Å². The first-order valence-electron chi connectivity index (χ1n) is 7.07. The Labute approximate surface area is 129 Å². The smallest absolute Gasteiger partial charge is 0.132 e. The van der Waals surface area contributed by atoms with E-state index in [2.05, 4.69) is 69.3 Å². The van der Waals surface area contributed by atoms with Crippen molar-refractivity contribution in [3.63, 3.8) is 0 Å². The van der Waals surface area contributed by atoms with Crippen LogP contribution in [0.4, 0.5) is 5.82 Å². The van der Waals surface area contributed by atoms with E-state index < -0.39 is 0 Å². The van der Waals surface area contributed by atoms with Gasteiger partial charge in [-0.05, 0) is 34.3 Å². The maximum atomic E-state index is 4.58. The van der Waals surface area contributed by atoms with Gasteiger partial charge in [-0.25, -0.2) is 9.97 Å². The van der Waals surface area contributed by atoms with Gasteiger partial charge in [0.25, 0.3) is 0 Å². The van der Waals surface area contributed by atoms with Gasteiger partial charge in [0.1, 0.15) is 16.2 Å². The normalized spacial score (nSPS) is 12.2. The maximum absolute atomic E-state index is 4.58. The highest BCUT2D eigenvalue weighted by Gasteiger charge is 2.10. The number of anilines is 1. The van der Waals surface area contributed by atoms with E-state index in [4.69, 9.17) is 0 Å². The molecule has 0 fully saturated rings. The standard InChI is InChI=1S/C16H20BrN3/c1-3-8-15-19-14(17)11-16(20-15)18-13(4-2)12-9-6-5-7-10-12/h5-7,9-11,13H,3-4,8H2,1-2H3,(H,18,19,20). The fourth-order valence-electron chi connectivity index (χ4n) is 2.16. The van der Waals surface area contributed by atoms with Crippen molar-refractivity contribution in [3.05, 3.63) is 52.4 Å². The van der Waals surface area contributed by atoms with E-state index >= 15 is 0 Å². The summed E-state index contributed by atoms with van der Waals surface area (Å²) >= 11 is 3.46. The molecule has 0 saturated carbocycles. The first-order chi connectivity index (χ1) is 9.72. The van der Waals surface area contributed by atoms with Crippen LogP contribution in [0.5, 0.6) is 0 Å². The van der Waals surface area contributed by atoms with E-state index in [1.807, 2.05) is 12.1 Å². The van der Waals surface area contributed by atoms with Gasteiger partial charge in [-0.1, -0.05) is 44.2 Å². The van der Waals surface area contributed by atoms with Gasteiger partial charge in [0, 0.05) is 12.5 Å². The topological polar surface area (TPSA) is 37.8 Å². The predicted molar refractivity (Wildman–Crippen MR) is 86.8 cm³/mol. The molecule has 1 unspecified atom stereocenters. The van der Waals surface area contributed by atoms with Crippen LogP contribution in [0.1, 0.15) is 44.1 Å². The summed E-state index contributed by atoms with van der Waals surface area (Å²) in [4.78, 5) is 8.98. The number of hydrogen-bond acceptors (Lipinski definition) is 3. The molecule has 2 rings (SSSR count). The summed E-state index contributed by atoms with van der Waals surface area (Å²) in [5, 5.41) is 3.50. The van der Waals surface area contributed by atoms with E-state index in [1.54, 1.807) is 0 Å². The summed E-state index contributed by atoms with van der Waals surface area (Å²) in [6.07, 6.45) is 2.96. The molecular weight excluding hydrogens is 314 g/mol. The Morgan fingerprint density at radius 3 is 2.55 bits per heavy atom. The molecule has 0 radical (unpaired) electrons. The number of nitrogens with zero attached hydrogens (tertiary/aromatic N) is 2. The minimum absolute atomic E-state index is 0.271. The molecular formula is C16H20BrN3. The number of aromatic nitrogens is 2. The zero-order valence-corrected chi connectivity index (χ0v) is 13.5. The average molecular weight is 334 g/mol. The highest BCUT2D eigenvalue weighted by atomic mass is 79.9. The van der Waals surface area contributed by atoms with Crippen molar-refractivity contribution in [2.45, 2.75) is 39.2 Å². The van der Waals surface area contributed by atoms with Gasteiger partial charge < -0.3 is 5.32 Å². The number of benzene rings is 1. The third-order valence-electron chi connectivity index (χ3n) is 3.15. The molecule has 3 nitrogen and oxygen atoms in total. The van der Waals surface area contributed by atoms with Crippen LogP contribution in [0.3, 0.4) is 0 Å². The Bertz CT molecular complexity index is 543. The minimum atomic E-state index is 0.271. The molecule has 106 valence electrons. The van der Waals surface area contributed by atoms with Crippen molar-refractivity contribution in [1.29, 1.82) is 0 Å². The lowest BCUT2D eigenvalue weighted by Gasteiger charge is -2.18. The fourth-order valence-corrected chi connectivity index (χ4v) is 2.58. The first kappa shape index (κ1) is 15.0. The summed E-state index contributed by atoms with van der Waals surface area (Å²) in [7, 11) is 0. The molecule has 1 atom stereocenters. The van der Waals surface area contributed by atoms with Crippen molar-refractivity contribution in [2.75, 3.05) is 5.32 Å². The zero-order chi connectivity index (χ0) is 14.4. The molecule has 1 aromatic carbocycles. The highest BCUT2D eigenvalue weighted by Crippen LogP contribution is 2.22. The Hall–Kier alpha value is -1.42. The van der Waals surface area contributed by atoms with Crippen LogP contribution in [0.2, 0.25) is 0 Å². The van der Waals surface area contributed by atoms with E-state index in [0.29, 0.717) is 0 Å². The van der Waals surface area contributed by atoms with Gasteiger partial charge in [-0.15, -0.1) is 0 Å². The number of aryl methyl sites for hydroxylation is 1. The lowest BCUT2D eigenvalue weighted by molar-refractivity contribution is 0.738. The molecule has 2 aromatic rings. The second-order valence-electron chi connectivity index (χ2n) is 4.76. The molecule has 0 aliphatic carbocycles. The van der Waals surface area contributed by atoms with Crippen molar-refractivity contribution < 1.29 is 0 Å². The lowest BCUT2D eigenvalue weighted by Crippen LogP contribution is -2.12. The summed E-state index contributed by atoms with van der Waals surface area (Å²) in [5.74, 6) is 1.76. The van der Waals surface area contributed by atoms with Gasteiger partial charge >= 0.3 is 0 Å². The molecule has 4 heteroatoms. The second kappa shape index (κ2) is 7.39. The number of hydrogen-bond donors (Lipinski definition) is 1. The Balaban J connectivity index is 2.19. The summed E-state index contributed by atoms with van der Waals surface area (Å²) < 4.78 is 0.835. The predicted octanol–water partition coefficient (Wildman–Crippen LogP) is 4.75. The number of rotatable bonds is 6. The largest absolute Gasteiger partial charge is 0.363 e. The van der Waals surface area contributed by atoms with Gasteiger partial charge in [0.05, 0.1) is 6.04 Å². The molecule has 0 aliphatic rings. The molecule has 20 heavy (non-hydrogen) atoms. The molecule has 0 bridgehead atoms. The number of halogens is 1. The van der Waals surface area contributed by atoms with Crippen molar-refractivity contribution in [3.8, 4) is 0 Å². The Morgan fingerprint density at radius 2 is 1.90 bits per heavy atom. The van der Waals surface area contributed by atoms with Gasteiger partial charge in [-0.3, -0.25) is 0 Å². The zero-order valence-electron chi connectivity index (χ0n) is 11.9. The Morgan fingerprint density at radius 1 is 1.15 bits per heavy atom. The van der Waals surface area contributed by atoms with Gasteiger partial charge in [0.15, 0.2) is 0 Å². The van der Waals surface area contributed by atoms with Crippen LogP contribution in [0, 0.1) is 0 Å². The fraction of sp³-hybridized carbons (Fsp3) is 0.375. The molecule has 0 saturated heterocycles. The first-order valence-corrected chi connectivity index (χ1v) is 7.87. The second-order valence-corrected chi connectivity index (χ2v) is 5.57. The molecule has 0 spiro atoms. The van der Waals surface area contributed by atoms with E-state index in [1.165, 1.54) is 5.56 Å². The van der Waals surface area contributed by atoms with Gasteiger partial charge in [0.2, 0.25) is 0 Å². The summed E-state index contributed by atoms with van der Waals surface area (Å²) in [6.45, 7) is 4.31. The third-order valence-corrected chi connectivity index (χ3v) is 3.55. The SMILES string of the molecule is CCCc1nc(Br)cc(NC(CC)c2ccccc2)n1. The third kappa shape index (κ3) is 4.04. The molecule has 1 aromatic heterocycles. The lowest BCUT2D eigenvalue weighted by atomic mass is 10.0. The van der Waals surface area contributed by atoms with E-state index in [0.717, 1.165) is 35.5 Å². The highest BCUT2D eigenvalue weighted by molar-refractivity contribution is 9.10. The van der Waals surface area contributed by atoms with Crippen molar-refractivity contribution in [2.24, 2.45) is 0 Å². The minimum Gasteiger partial charge on any atom is -0.363 e. The number of nitrogens with one attached hydrogen (secondary N) is 1.